The molecule has 1 saturated heterocycles. The van der Waals surface area contributed by atoms with Crippen LogP contribution in [0.2, 0.25) is 0 Å². The average Bonchev–Trinajstić information content (AvgIpc) is 2.93. The Morgan fingerprint density at radius 2 is 1.86 bits per heavy atom. The highest BCUT2D eigenvalue weighted by atomic mass is 16.5. The molecular weight excluding hydrogens is 278 g/mol. The molecule has 0 aliphatic carbocycles. The minimum Gasteiger partial charge on any atom is -0.459 e. The second kappa shape index (κ2) is 6.44. The second-order valence-corrected chi connectivity index (χ2v) is 6.12. The number of amidine groups is 1. The third kappa shape index (κ3) is 3.44. The van der Waals surface area contributed by atoms with E-state index in [9.17, 15) is 0 Å². The van der Waals surface area contributed by atoms with E-state index in [0.717, 1.165) is 32.7 Å². The zero-order chi connectivity index (χ0) is 15.5. The van der Waals surface area contributed by atoms with Crippen molar-refractivity contribution < 1.29 is 4.74 Å². The quantitative estimate of drug-likeness (QED) is 0.882. The Kier molecular flexibility index (Phi) is 4.38. The van der Waals surface area contributed by atoms with Crippen LogP contribution in [0.3, 0.4) is 0 Å². The molecule has 2 aliphatic heterocycles. The monoisotopic (exact) mass is 303 g/mol. The molecule has 0 radical (unpaired) electrons. The molecule has 0 aromatic heterocycles. The molecule has 2 heterocycles. The Morgan fingerprint density at radius 1 is 1.18 bits per heavy atom. The van der Waals surface area contributed by atoms with Gasteiger partial charge in [0.2, 0.25) is 0 Å². The second-order valence-electron chi connectivity index (χ2n) is 6.12. The molecule has 1 fully saturated rings. The van der Waals surface area contributed by atoms with Gasteiger partial charge in [-0.2, -0.15) is 0 Å². The van der Waals surface area contributed by atoms with E-state index >= 15 is 0 Å². The summed E-state index contributed by atoms with van der Waals surface area (Å²) in [6.07, 6.45) is 0.130. The molecule has 0 saturated carbocycles. The van der Waals surface area contributed by atoms with Gasteiger partial charge in [-0.3, -0.25) is 4.90 Å². The van der Waals surface area contributed by atoms with Gasteiger partial charge in [-0.25, -0.2) is 4.99 Å². The van der Waals surface area contributed by atoms with Crippen LogP contribution in [-0.2, 0) is 4.74 Å². The summed E-state index contributed by atoms with van der Waals surface area (Å²) in [7, 11) is 4.13. The molecule has 1 aromatic carbocycles. The lowest BCUT2D eigenvalue weighted by molar-refractivity contribution is 0.139. The van der Waals surface area contributed by atoms with Gasteiger partial charge >= 0.3 is 0 Å². The first kappa shape index (κ1) is 15.0. The Hall–Kier alpha value is -1.95. The number of benzene rings is 1. The molecule has 2 N–H and O–H groups in total. The van der Waals surface area contributed by atoms with Gasteiger partial charge < -0.3 is 20.3 Å². The number of piperazine rings is 1. The van der Waals surface area contributed by atoms with Crippen LogP contribution < -0.4 is 15.5 Å². The molecule has 1 atom stereocenters. The van der Waals surface area contributed by atoms with Gasteiger partial charge in [0.1, 0.15) is 6.10 Å². The van der Waals surface area contributed by atoms with E-state index in [1.165, 1.54) is 11.4 Å². The van der Waals surface area contributed by atoms with Gasteiger partial charge in [0, 0.05) is 58.2 Å². The molecule has 6 nitrogen and oxygen atoms in total. The number of ether oxygens (including phenoxy) is 1. The fourth-order valence-corrected chi connectivity index (χ4v) is 2.97. The topological polar surface area (TPSA) is 57.3 Å². The van der Waals surface area contributed by atoms with Crippen LogP contribution in [0.1, 0.15) is 0 Å². The highest BCUT2D eigenvalue weighted by Crippen LogP contribution is 2.21. The van der Waals surface area contributed by atoms with Gasteiger partial charge in [-0.05, 0) is 24.3 Å². The Labute approximate surface area is 132 Å². The maximum Gasteiger partial charge on any atom is 0.282 e. The predicted octanol–water partition coefficient (Wildman–Crippen LogP) is 0.588. The molecule has 6 heteroatoms. The fraction of sp³-hybridized carbons (Fsp3) is 0.562. The summed E-state index contributed by atoms with van der Waals surface area (Å²) < 4.78 is 5.48. The fourth-order valence-electron chi connectivity index (χ4n) is 2.97. The summed E-state index contributed by atoms with van der Waals surface area (Å²) in [4.78, 5) is 11.1. The summed E-state index contributed by atoms with van der Waals surface area (Å²) in [6.45, 7) is 5.80. The molecule has 22 heavy (non-hydrogen) atoms. The van der Waals surface area contributed by atoms with E-state index in [2.05, 4.69) is 58.1 Å². The zero-order valence-corrected chi connectivity index (χ0v) is 13.4. The number of nitrogens with two attached hydrogens (primary N) is 1. The van der Waals surface area contributed by atoms with Crippen molar-refractivity contribution >= 4 is 17.4 Å². The minimum atomic E-state index is 0.130. The highest BCUT2D eigenvalue weighted by Gasteiger charge is 2.24. The smallest absolute Gasteiger partial charge is 0.282 e. The standard InChI is InChI=1S/C16H25N5O/c1-19(2)13-3-5-14(6-4-13)21-9-7-20(8-10-21)12-15-11-18-16(17)22-15/h3-6,15H,7-12H2,1-2H3,(H2,17,18). The number of aliphatic imine (C=N–C) groups is 1. The molecule has 1 unspecified atom stereocenters. The van der Waals surface area contributed by atoms with Gasteiger partial charge in [0.15, 0.2) is 0 Å². The first-order chi connectivity index (χ1) is 10.6. The number of rotatable bonds is 4. The van der Waals surface area contributed by atoms with Crippen LogP contribution in [0, 0.1) is 0 Å². The highest BCUT2D eigenvalue weighted by molar-refractivity contribution is 5.73. The van der Waals surface area contributed by atoms with Gasteiger partial charge in [0.05, 0.1) is 6.54 Å². The lowest BCUT2D eigenvalue weighted by Crippen LogP contribution is -2.49. The summed E-state index contributed by atoms with van der Waals surface area (Å²) in [5.74, 6) is 0. The van der Waals surface area contributed by atoms with Crippen molar-refractivity contribution in [3.63, 3.8) is 0 Å². The van der Waals surface area contributed by atoms with Gasteiger partial charge in [0.25, 0.3) is 6.02 Å². The maximum absolute atomic E-state index is 5.56. The van der Waals surface area contributed by atoms with Crippen LogP contribution >= 0.6 is 0 Å². The molecule has 2 aliphatic rings. The largest absolute Gasteiger partial charge is 0.459 e. The third-order valence-corrected chi connectivity index (χ3v) is 4.30. The van der Waals surface area contributed by atoms with E-state index in [-0.39, 0.29) is 6.10 Å². The van der Waals surface area contributed by atoms with Crippen molar-refractivity contribution in [2.24, 2.45) is 10.7 Å². The van der Waals surface area contributed by atoms with Crippen LogP contribution in [0.4, 0.5) is 11.4 Å². The zero-order valence-electron chi connectivity index (χ0n) is 13.4. The first-order valence-corrected chi connectivity index (χ1v) is 7.83. The van der Waals surface area contributed by atoms with Crippen molar-refractivity contribution in [1.29, 1.82) is 0 Å². The number of anilines is 2. The summed E-state index contributed by atoms with van der Waals surface area (Å²) in [6, 6.07) is 9.10. The van der Waals surface area contributed by atoms with E-state index in [0.29, 0.717) is 12.6 Å². The Bertz CT molecular complexity index is 520. The molecule has 3 rings (SSSR count). The molecule has 1 aromatic rings. The normalized spacial score (nSPS) is 22.4. The third-order valence-electron chi connectivity index (χ3n) is 4.30. The van der Waals surface area contributed by atoms with Crippen molar-refractivity contribution in [3.05, 3.63) is 24.3 Å². The predicted molar refractivity (Wildman–Crippen MR) is 90.8 cm³/mol. The molecule has 0 bridgehead atoms. The van der Waals surface area contributed by atoms with Crippen molar-refractivity contribution in [2.75, 3.05) is 63.2 Å². The van der Waals surface area contributed by atoms with Crippen LogP contribution in [0.15, 0.2) is 29.3 Å². The lowest BCUT2D eigenvalue weighted by Gasteiger charge is -2.37. The van der Waals surface area contributed by atoms with Crippen LogP contribution in [-0.4, -0.2) is 70.4 Å². The molecule has 120 valence electrons. The Balaban J connectivity index is 1.49. The summed E-state index contributed by atoms with van der Waals surface area (Å²) in [5.41, 5.74) is 8.09. The summed E-state index contributed by atoms with van der Waals surface area (Å²) in [5, 5.41) is 0. The number of nitrogens with zero attached hydrogens (tertiary/aromatic N) is 4. The van der Waals surface area contributed by atoms with Gasteiger partial charge in [-0.1, -0.05) is 0 Å². The van der Waals surface area contributed by atoms with Crippen molar-refractivity contribution in [3.8, 4) is 0 Å². The average molecular weight is 303 g/mol. The Morgan fingerprint density at radius 3 is 2.41 bits per heavy atom. The van der Waals surface area contributed by atoms with E-state index < -0.39 is 0 Å². The van der Waals surface area contributed by atoms with Crippen LogP contribution in [0.25, 0.3) is 0 Å². The minimum absolute atomic E-state index is 0.130. The molecular formula is C16H25N5O. The lowest BCUT2D eigenvalue weighted by atomic mass is 10.2. The van der Waals surface area contributed by atoms with E-state index in [4.69, 9.17) is 10.5 Å². The van der Waals surface area contributed by atoms with Gasteiger partial charge in [-0.15, -0.1) is 0 Å². The van der Waals surface area contributed by atoms with Crippen LogP contribution in [0.5, 0.6) is 0 Å². The number of hydrogen-bond acceptors (Lipinski definition) is 6. The van der Waals surface area contributed by atoms with Crippen molar-refractivity contribution in [1.82, 2.24) is 4.90 Å². The number of hydrogen-bond donors (Lipinski definition) is 1. The SMILES string of the molecule is CN(C)c1ccc(N2CCN(CC3CN=C(N)O3)CC2)cc1. The van der Waals surface area contributed by atoms with E-state index in [1.54, 1.807) is 0 Å². The molecule has 0 spiro atoms. The molecule has 0 amide bonds. The van der Waals surface area contributed by atoms with E-state index in [1.807, 2.05) is 0 Å². The first-order valence-electron chi connectivity index (χ1n) is 7.83. The maximum atomic E-state index is 5.56. The summed E-state index contributed by atoms with van der Waals surface area (Å²) >= 11 is 0. The van der Waals surface area contributed by atoms with Crippen molar-refractivity contribution in [2.45, 2.75) is 6.10 Å².